The molecule has 5 heteroatoms. The molecular formula is C14H24N4O. The third-order valence-electron chi connectivity index (χ3n) is 3.39. The highest BCUT2D eigenvalue weighted by Gasteiger charge is 2.33. The first kappa shape index (κ1) is 14.1. The van der Waals surface area contributed by atoms with Crippen LogP contribution in [0.25, 0.3) is 0 Å². The van der Waals surface area contributed by atoms with Crippen molar-refractivity contribution in [3.8, 4) is 0 Å². The molecule has 2 rings (SSSR count). The van der Waals surface area contributed by atoms with Crippen molar-refractivity contribution in [2.75, 3.05) is 23.7 Å². The van der Waals surface area contributed by atoms with Gasteiger partial charge < -0.3 is 15.4 Å². The fourth-order valence-corrected chi connectivity index (χ4v) is 2.65. The van der Waals surface area contributed by atoms with Crippen molar-refractivity contribution in [3.63, 3.8) is 0 Å². The molecule has 0 saturated carbocycles. The standard InChI is InChI=1S/C14H24N4O/c1-6-11-16-12(15)10(3)13(17-11)18-7-9(2)19-14(4,5)8-18/h9H,6-8H2,1-5H3,(H2,15,16,17). The maximum Gasteiger partial charge on any atom is 0.137 e. The molecule has 1 aromatic rings. The highest BCUT2D eigenvalue weighted by Crippen LogP contribution is 2.28. The number of hydrogen-bond acceptors (Lipinski definition) is 5. The van der Waals surface area contributed by atoms with Crippen LogP contribution in [0.3, 0.4) is 0 Å². The molecule has 0 radical (unpaired) electrons. The lowest BCUT2D eigenvalue weighted by Crippen LogP contribution is -2.52. The van der Waals surface area contributed by atoms with Crippen LogP contribution in [0.5, 0.6) is 0 Å². The Morgan fingerprint density at radius 1 is 1.42 bits per heavy atom. The first-order chi connectivity index (χ1) is 8.82. The summed E-state index contributed by atoms with van der Waals surface area (Å²) >= 11 is 0. The number of nitrogens with zero attached hydrogens (tertiary/aromatic N) is 3. The number of nitrogen functional groups attached to an aromatic ring is 1. The number of aryl methyl sites for hydroxylation is 1. The van der Waals surface area contributed by atoms with E-state index in [1.165, 1.54) is 0 Å². The molecule has 2 heterocycles. The quantitative estimate of drug-likeness (QED) is 0.884. The van der Waals surface area contributed by atoms with Crippen LogP contribution in [0.2, 0.25) is 0 Å². The minimum Gasteiger partial charge on any atom is -0.383 e. The van der Waals surface area contributed by atoms with Gasteiger partial charge in [-0.1, -0.05) is 6.92 Å². The van der Waals surface area contributed by atoms with Gasteiger partial charge in [-0.2, -0.15) is 0 Å². The zero-order chi connectivity index (χ0) is 14.2. The van der Waals surface area contributed by atoms with Gasteiger partial charge in [0.15, 0.2) is 0 Å². The molecule has 0 spiro atoms. The number of anilines is 2. The van der Waals surface area contributed by atoms with Crippen molar-refractivity contribution >= 4 is 11.6 Å². The molecule has 1 saturated heterocycles. The Morgan fingerprint density at radius 2 is 2.11 bits per heavy atom. The van der Waals surface area contributed by atoms with Gasteiger partial charge in [0.25, 0.3) is 0 Å². The average molecular weight is 264 g/mol. The van der Waals surface area contributed by atoms with E-state index in [-0.39, 0.29) is 11.7 Å². The molecule has 2 N–H and O–H groups in total. The molecule has 1 aliphatic rings. The zero-order valence-corrected chi connectivity index (χ0v) is 12.5. The van der Waals surface area contributed by atoms with E-state index in [0.29, 0.717) is 5.82 Å². The zero-order valence-electron chi connectivity index (χ0n) is 12.5. The summed E-state index contributed by atoms with van der Waals surface area (Å²) in [5, 5.41) is 0. The molecule has 106 valence electrons. The molecule has 1 aliphatic heterocycles. The van der Waals surface area contributed by atoms with Gasteiger partial charge in [0.1, 0.15) is 17.5 Å². The summed E-state index contributed by atoms with van der Waals surface area (Å²) < 4.78 is 5.94. The maximum absolute atomic E-state index is 6.00. The highest BCUT2D eigenvalue weighted by atomic mass is 16.5. The monoisotopic (exact) mass is 264 g/mol. The second-order valence-corrected chi connectivity index (χ2v) is 5.90. The minimum atomic E-state index is -0.170. The first-order valence-electron chi connectivity index (χ1n) is 6.88. The molecule has 0 amide bonds. The molecule has 1 fully saturated rings. The van der Waals surface area contributed by atoms with Crippen molar-refractivity contribution in [3.05, 3.63) is 11.4 Å². The van der Waals surface area contributed by atoms with E-state index in [1.54, 1.807) is 0 Å². The number of ether oxygens (including phenoxy) is 1. The van der Waals surface area contributed by atoms with Crippen LogP contribution < -0.4 is 10.6 Å². The summed E-state index contributed by atoms with van der Waals surface area (Å²) in [4.78, 5) is 11.2. The molecule has 1 atom stereocenters. The molecule has 0 aliphatic carbocycles. The van der Waals surface area contributed by atoms with Crippen molar-refractivity contribution in [1.29, 1.82) is 0 Å². The lowest BCUT2D eigenvalue weighted by Gasteiger charge is -2.42. The topological polar surface area (TPSA) is 64.3 Å². The normalized spacial score (nSPS) is 22.6. The van der Waals surface area contributed by atoms with E-state index in [0.717, 1.165) is 36.7 Å². The van der Waals surface area contributed by atoms with Gasteiger partial charge in [-0.3, -0.25) is 0 Å². The molecular weight excluding hydrogens is 240 g/mol. The van der Waals surface area contributed by atoms with E-state index in [2.05, 4.69) is 35.6 Å². The highest BCUT2D eigenvalue weighted by molar-refractivity contribution is 5.57. The van der Waals surface area contributed by atoms with Crippen molar-refractivity contribution in [1.82, 2.24) is 9.97 Å². The third kappa shape index (κ3) is 2.97. The lowest BCUT2D eigenvalue weighted by molar-refractivity contribution is -0.0752. The van der Waals surface area contributed by atoms with Gasteiger partial charge in [0, 0.05) is 25.1 Å². The smallest absolute Gasteiger partial charge is 0.137 e. The Bertz CT molecular complexity index is 473. The van der Waals surface area contributed by atoms with Crippen molar-refractivity contribution in [2.45, 2.75) is 52.7 Å². The first-order valence-corrected chi connectivity index (χ1v) is 6.88. The van der Waals surface area contributed by atoms with Crippen LogP contribution in [-0.4, -0.2) is 34.8 Å². The molecule has 5 nitrogen and oxygen atoms in total. The Kier molecular flexibility index (Phi) is 3.67. The summed E-state index contributed by atoms with van der Waals surface area (Å²) in [6.07, 6.45) is 0.977. The van der Waals surface area contributed by atoms with Crippen LogP contribution in [-0.2, 0) is 11.2 Å². The number of nitrogens with two attached hydrogens (primary N) is 1. The predicted octanol–water partition coefficient (Wildman–Crippen LogP) is 1.93. The SMILES string of the molecule is CCc1nc(N)c(C)c(N2CC(C)OC(C)(C)C2)n1. The number of rotatable bonds is 2. The van der Waals surface area contributed by atoms with Gasteiger partial charge in [-0.05, 0) is 27.7 Å². The van der Waals surface area contributed by atoms with E-state index >= 15 is 0 Å². The van der Waals surface area contributed by atoms with Crippen LogP contribution in [0, 0.1) is 6.92 Å². The molecule has 0 bridgehead atoms. The summed E-state index contributed by atoms with van der Waals surface area (Å²) in [5.41, 5.74) is 6.79. The summed E-state index contributed by atoms with van der Waals surface area (Å²) in [6, 6.07) is 0. The van der Waals surface area contributed by atoms with Crippen molar-refractivity contribution in [2.24, 2.45) is 0 Å². The van der Waals surface area contributed by atoms with E-state index < -0.39 is 0 Å². The third-order valence-corrected chi connectivity index (χ3v) is 3.39. The van der Waals surface area contributed by atoms with E-state index in [9.17, 15) is 0 Å². The fourth-order valence-electron chi connectivity index (χ4n) is 2.65. The van der Waals surface area contributed by atoms with E-state index in [4.69, 9.17) is 10.5 Å². The lowest BCUT2D eigenvalue weighted by atomic mass is 10.1. The molecule has 1 unspecified atom stereocenters. The fraction of sp³-hybridized carbons (Fsp3) is 0.714. The van der Waals surface area contributed by atoms with Gasteiger partial charge >= 0.3 is 0 Å². The summed E-state index contributed by atoms with van der Waals surface area (Å²) in [5.74, 6) is 2.33. The largest absolute Gasteiger partial charge is 0.383 e. The number of morpholine rings is 1. The van der Waals surface area contributed by atoms with Gasteiger partial charge in [0.05, 0.1) is 11.7 Å². The van der Waals surface area contributed by atoms with Crippen molar-refractivity contribution < 1.29 is 4.74 Å². The van der Waals surface area contributed by atoms with Gasteiger partial charge in [-0.25, -0.2) is 9.97 Å². The summed E-state index contributed by atoms with van der Waals surface area (Å²) in [6.45, 7) is 12.0. The second kappa shape index (κ2) is 4.96. The van der Waals surface area contributed by atoms with Gasteiger partial charge in [0.2, 0.25) is 0 Å². The second-order valence-electron chi connectivity index (χ2n) is 5.90. The Labute approximate surface area is 115 Å². The minimum absolute atomic E-state index is 0.170. The van der Waals surface area contributed by atoms with Crippen LogP contribution in [0.15, 0.2) is 0 Å². The molecule has 0 aromatic carbocycles. The Balaban J connectivity index is 2.38. The number of aromatic nitrogens is 2. The maximum atomic E-state index is 6.00. The van der Waals surface area contributed by atoms with Crippen LogP contribution in [0.4, 0.5) is 11.6 Å². The molecule has 1 aromatic heterocycles. The Hall–Kier alpha value is -1.36. The van der Waals surface area contributed by atoms with Gasteiger partial charge in [-0.15, -0.1) is 0 Å². The van der Waals surface area contributed by atoms with Crippen LogP contribution >= 0.6 is 0 Å². The average Bonchev–Trinajstić information content (AvgIpc) is 2.29. The predicted molar refractivity (Wildman–Crippen MR) is 77.4 cm³/mol. The molecule has 19 heavy (non-hydrogen) atoms. The van der Waals surface area contributed by atoms with Crippen LogP contribution in [0.1, 0.15) is 39.1 Å². The number of hydrogen-bond donors (Lipinski definition) is 1. The Morgan fingerprint density at radius 3 is 2.68 bits per heavy atom. The summed E-state index contributed by atoms with van der Waals surface area (Å²) in [7, 11) is 0. The van der Waals surface area contributed by atoms with E-state index in [1.807, 2.05) is 13.8 Å².